The van der Waals surface area contributed by atoms with E-state index in [0.29, 0.717) is 13.2 Å². The van der Waals surface area contributed by atoms with Crippen LogP contribution in [0.4, 0.5) is 0 Å². The first kappa shape index (κ1) is 18.8. The standard InChI is InChI=1S/C19H29N3O4/c1-2-6-20-19(23)14-22-10-8-21(9-11-22)7-3-12-24-16-4-5-17-18(13-16)26-15-25-17/h4-5,13H,2-3,6-12,14-15H2,1H3,(H,20,23). The molecule has 1 amide bonds. The van der Waals surface area contributed by atoms with Gasteiger partial charge in [-0.3, -0.25) is 9.69 Å². The minimum absolute atomic E-state index is 0.137. The van der Waals surface area contributed by atoms with Crippen LogP contribution in [0.5, 0.6) is 17.2 Å². The van der Waals surface area contributed by atoms with Crippen molar-refractivity contribution in [3.8, 4) is 17.2 Å². The number of hydrogen-bond acceptors (Lipinski definition) is 6. The molecular weight excluding hydrogens is 334 g/mol. The lowest BCUT2D eigenvalue weighted by Crippen LogP contribution is -2.49. The molecule has 2 aliphatic heterocycles. The largest absolute Gasteiger partial charge is 0.493 e. The fourth-order valence-corrected chi connectivity index (χ4v) is 3.14. The second-order valence-corrected chi connectivity index (χ2v) is 6.68. The third kappa shape index (κ3) is 5.51. The molecule has 0 aromatic heterocycles. The zero-order valence-electron chi connectivity index (χ0n) is 15.5. The molecular formula is C19H29N3O4. The van der Waals surface area contributed by atoms with Crippen LogP contribution in [0, 0.1) is 0 Å². The molecule has 0 bridgehead atoms. The van der Waals surface area contributed by atoms with Gasteiger partial charge in [0.25, 0.3) is 0 Å². The van der Waals surface area contributed by atoms with Crippen molar-refractivity contribution in [1.29, 1.82) is 0 Å². The lowest BCUT2D eigenvalue weighted by atomic mass is 10.3. The van der Waals surface area contributed by atoms with Gasteiger partial charge in [0.15, 0.2) is 11.5 Å². The Hall–Kier alpha value is -1.99. The number of nitrogens with one attached hydrogen (secondary N) is 1. The lowest BCUT2D eigenvalue weighted by Gasteiger charge is -2.34. The fraction of sp³-hybridized carbons (Fsp3) is 0.632. The predicted molar refractivity (Wildman–Crippen MR) is 98.9 cm³/mol. The Bertz CT molecular complexity index is 588. The number of benzene rings is 1. The van der Waals surface area contributed by atoms with Crippen LogP contribution in [0.2, 0.25) is 0 Å². The monoisotopic (exact) mass is 363 g/mol. The summed E-state index contributed by atoms with van der Waals surface area (Å²) in [6.07, 6.45) is 1.96. The molecule has 0 radical (unpaired) electrons. The summed E-state index contributed by atoms with van der Waals surface area (Å²) in [7, 11) is 0. The Balaban J connectivity index is 1.28. The number of piperazine rings is 1. The summed E-state index contributed by atoms with van der Waals surface area (Å²) in [5.74, 6) is 2.48. The molecule has 0 unspecified atom stereocenters. The molecule has 0 spiro atoms. The first-order chi connectivity index (χ1) is 12.7. The van der Waals surface area contributed by atoms with E-state index in [1.165, 1.54) is 0 Å². The van der Waals surface area contributed by atoms with Gasteiger partial charge in [0.1, 0.15) is 5.75 Å². The van der Waals surface area contributed by atoms with E-state index in [1.807, 2.05) is 18.2 Å². The van der Waals surface area contributed by atoms with Gasteiger partial charge in [0, 0.05) is 45.3 Å². The predicted octanol–water partition coefficient (Wildman–Crippen LogP) is 1.33. The maximum absolute atomic E-state index is 11.8. The zero-order chi connectivity index (χ0) is 18.2. The highest BCUT2D eigenvalue weighted by molar-refractivity contribution is 5.77. The number of amides is 1. The van der Waals surface area contributed by atoms with Crippen molar-refractivity contribution in [2.24, 2.45) is 0 Å². The zero-order valence-corrected chi connectivity index (χ0v) is 15.5. The van der Waals surface area contributed by atoms with E-state index < -0.39 is 0 Å². The van der Waals surface area contributed by atoms with Gasteiger partial charge in [-0.2, -0.15) is 0 Å². The third-order valence-corrected chi connectivity index (χ3v) is 4.64. The molecule has 0 saturated carbocycles. The van der Waals surface area contributed by atoms with Crippen LogP contribution < -0.4 is 19.5 Å². The van der Waals surface area contributed by atoms with Crippen LogP contribution in [0.1, 0.15) is 19.8 Å². The number of fused-ring (bicyclic) bond motifs is 1. The van der Waals surface area contributed by atoms with Crippen molar-refractivity contribution in [3.05, 3.63) is 18.2 Å². The molecule has 144 valence electrons. The molecule has 2 aliphatic rings. The van der Waals surface area contributed by atoms with E-state index >= 15 is 0 Å². The van der Waals surface area contributed by atoms with Crippen molar-refractivity contribution < 1.29 is 19.0 Å². The molecule has 3 rings (SSSR count). The smallest absolute Gasteiger partial charge is 0.234 e. The molecule has 0 aliphatic carbocycles. The second kappa shape index (κ2) is 9.64. The van der Waals surface area contributed by atoms with Gasteiger partial charge in [-0.25, -0.2) is 0 Å². The van der Waals surface area contributed by atoms with Crippen LogP contribution >= 0.6 is 0 Å². The van der Waals surface area contributed by atoms with E-state index in [0.717, 1.165) is 69.4 Å². The summed E-state index contributed by atoms with van der Waals surface area (Å²) in [5.41, 5.74) is 0. The average molecular weight is 363 g/mol. The van der Waals surface area contributed by atoms with Gasteiger partial charge in [-0.05, 0) is 25.0 Å². The highest BCUT2D eigenvalue weighted by Gasteiger charge is 2.18. The number of rotatable bonds is 9. The minimum atomic E-state index is 0.137. The molecule has 1 fully saturated rings. The van der Waals surface area contributed by atoms with E-state index in [-0.39, 0.29) is 12.7 Å². The molecule has 1 aromatic carbocycles. The third-order valence-electron chi connectivity index (χ3n) is 4.64. The number of nitrogens with zero attached hydrogens (tertiary/aromatic N) is 2. The maximum atomic E-state index is 11.8. The highest BCUT2D eigenvalue weighted by Crippen LogP contribution is 2.35. The van der Waals surface area contributed by atoms with Crippen LogP contribution in [0.25, 0.3) is 0 Å². The quantitative estimate of drug-likeness (QED) is 0.668. The molecule has 26 heavy (non-hydrogen) atoms. The van der Waals surface area contributed by atoms with Crippen molar-refractivity contribution in [2.45, 2.75) is 19.8 Å². The van der Waals surface area contributed by atoms with E-state index in [9.17, 15) is 4.79 Å². The number of hydrogen-bond donors (Lipinski definition) is 1. The van der Waals surface area contributed by atoms with Crippen molar-refractivity contribution in [2.75, 3.05) is 59.2 Å². The second-order valence-electron chi connectivity index (χ2n) is 6.68. The molecule has 7 nitrogen and oxygen atoms in total. The Labute approximate surface area is 155 Å². The van der Waals surface area contributed by atoms with Gasteiger partial charge in [0.2, 0.25) is 12.7 Å². The number of ether oxygens (including phenoxy) is 3. The Morgan fingerprint density at radius 3 is 2.73 bits per heavy atom. The van der Waals surface area contributed by atoms with Crippen molar-refractivity contribution in [3.63, 3.8) is 0 Å². The van der Waals surface area contributed by atoms with Crippen LogP contribution in [0.3, 0.4) is 0 Å². The van der Waals surface area contributed by atoms with Crippen LogP contribution in [0.15, 0.2) is 18.2 Å². The van der Waals surface area contributed by atoms with Crippen LogP contribution in [-0.2, 0) is 4.79 Å². The maximum Gasteiger partial charge on any atom is 0.234 e. The Morgan fingerprint density at radius 1 is 1.15 bits per heavy atom. The Kier molecular flexibility index (Phi) is 6.96. The summed E-state index contributed by atoms with van der Waals surface area (Å²) in [6, 6.07) is 5.67. The molecule has 1 N–H and O–H groups in total. The van der Waals surface area contributed by atoms with Gasteiger partial charge in [-0.1, -0.05) is 6.92 Å². The highest BCUT2D eigenvalue weighted by atomic mass is 16.7. The molecule has 0 atom stereocenters. The summed E-state index contributed by atoms with van der Waals surface area (Å²) >= 11 is 0. The molecule has 2 heterocycles. The van der Waals surface area contributed by atoms with Crippen molar-refractivity contribution in [1.82, 2.24) is 15.1 Å². The van der Waals surface area contributed by atoms with Crippen LogP contribution in [-0.4, -0.2) is 74.9 Å². The lowest BCUT2D eigenvalue weighted by molar-refractivity contribution is -0.122. The van der Waals surface area contributed by atoms with Crippen molar-refractivity contribution >= 4 is 5.91 Å². The molecule has 1 saturated heterocycles. The SMILES string of the molecule is CCCNC(=O)CN1CCN(CCCOc2ccc3c(c2)OCO3)CC1. The Morgan fingerprint density at radius 2 is 1.92 bits per heavy atom. The summed E-state index contributed by atoms with van der Waals surface area (Å²) in [4.78, 5) is 16.4. The van der Waals surface area contributed by atoms with E-state index in [2.05, 4.69) is 22.0 Å². The first-order valence-electron chi connectivity index (χ1n) is 9.48. The topological polar surface area (TPSA) is 63.3 Å². The van der Waals surface area contributed by atoms with E-state index in [1.54, 1.807) is 0 Å². The van der Waals surface area contributed by atoms with E-state index in [4.69, 9.17) is 14.2 Å². The molecule has 1 aromatic rings. The summed E-state index contributed by atoms with van der Waals surface area (Å²) in [6.45, 7) is 9.23. The minimum Gasteiger partial charge on any atom is -0.493 e. The molecule has 7 heteroatoms. The summed E-state index contributed by atoms with van der Waals surface area (Å²) < 4.78 is 16.5. The number of carbonyl (C=O) groups excluding carboxylic acids is 1. The normalized spacial score (nSPS) is 17.3. The first-order valence-corrected chi connectivity index (χ1v) is 9.48. The fourth-order valence-electron chi connectivity index (χ4n) is 3.14. The van der Waals surface area contributed by atoms with Gasteiger partial charge in [0.05, 0.1) is 13.2 Å². The number of carbonyl (C=O) groups is 1. The summed E-state index contributed by atoms with van der Waals surface area (Å²) in [5, 5.41) is 2.94. The van der Waals surface area contributed by atoms with Gasteiger partial charge >= 0.3 is 0 Å². The average Bonchev–Trinajstić information content (AvgIpc) is 3.12. The van der Waals surface area contributed by atoms with Gasteiger partial charge in [-0.15, -0.1) is 0 Å². The van der Waals surface area contributed by atoms with Gasteiger partial charge < -0.3 is 24.4 Å².